The number of fused-ring (bicyclic) bond motifs is 1. The van der Waals surface area contributed by atoms with Gasteiger partial charge in [0.25, 0.3) is 0 Å². The van der Waals surface area contributed by atoms with Gasteiger partial charge in [-0.05, 0) is 68.0 Å². The van der Waals surface area contributed by atoms with Crippen molar-refractivity contribution in [3.8, 4) is 5.75 Å². The summed E-state index contributed by atoms with van der Waals surface area (Å²) in [7, 11) is -3.96. The molecule has 7 nitrogen and oxygen atoms in total. The second-order valence-electron chi connectivity index (χ2n) is 9.05. The number of rotatable bonds is 10. The first kappa shape index (κ1) is 26.6. The number of nitrogens with one attached hydrogen (secondary N) is 1. The summed E-state index contributed by atoms with van der Waals surface area (Å²) in [6, 6.07) is 10.2. The van der Waals surface area contributed by atoms with Gasteiger partial charge in [-0.2, -0.15) is 4.72 Å². The van der Waals surface area contributed by atoms with Crippen molar-refractivity contribution in [3.63, 3.8) is 0 Å². The minimum absolute atomic E-state index is 0.0776. The molecule has 0 aliphatic heterocycles. The van der Waals surface area contributed by atoms with Gasteiger partial charge >= 0.3 is 11.6 Å². The maximum Gasteiger partial charge on any atom is 0.336 e. The molecule has 0 spiro atoms. The Morgan fingerprint density at radius 3 is 2.37 bits per heavy atom. The third kappa shape index (κ3) is 6.38. The maximum absolute atomic E-state index is 13.4. The first-order chi connectivity index (χ1) is 16.6. The van der Waals surface area contributed by atoms with Crippen LogP contribution in [0.15, 0.2) is 56.6 Å². The zero-order valence-corrected chi connectivity index (χ0v) is 21.7. The summed E-state index contributed by atoms with van der Waals surface area (Å²) in [4.78, 5) is 25.6. The van der Waals surface area contributed by atoms with Crippen molar-refractivity contribution < 1.29 is 22.4 Å². The van der Waals surface area contributed by atoms with E-state index in [1.807, 2.05) is 20.8 Å². The lowest BCUT2D eigenvalue weighted by atomic mass is 10.00. The molecule has 2 atom stereocenters. The predicted molar refractivity (Wildman–Crippen MR) is 136 cm³/mol. The SMILES string of the molecule is CCCCc1cc(=O)oc2cc(C)cc(OC(=O)[C@H](NS(=O)(=O)c3ccc(C)cc3)[C@@H](C)CC)c12. The van der Waals surface area contributed by atoms with Crippen LogP contribution in [-0.2, 0) is 21.2 Å². The number of carbonyl (C=O) groups excluding carboxylic acids is 1. The molecule has 0 radical (unpaired) electrons. The maximum atomic E-state index is 13.4. The van der Waals surface area contributed by atoms with Crippen LogP contribution in [0.3, 0.4) is 0 Å². The van der Waals surface area contributed by atoms with Crippen LogP contribution in [0.2, 0.25) is 0 Å². The van der Waals surface area contributed by atoms with E-state index in [1.54, 1.807) is 31.2 Å². The van der Waals surface area contributed by atoms with Gasteiger partial charge in [0.05, 0.1) is 10.3 Å². The Balaban J connectivity index is 2.00. The van der Waals surface area contributed by atoms with E-state index in [2.05, 4.69) is 11.6 Å². The van der Waals surface area contributed by atoms with Crippen molar-refractivity contribution >= 4 is 27.0 Å². The third-order valence-corrected chi connectivity index (χ3v) is 7.58. The summed E-state index contributed by atoms with van der Waals surface area (Å²) >= 11 is 0. The fourth-order valence-electron chi connectivity index (χ4n) is 3.87. The number of carbonyl (C=O) groups is 1. The molecule has 8 heteroatoms. The molecule has 2 aromatic carbocycles. The van der Waals surface area contributed by atoms with Crippen LogP contribution in [0, 0.1) is 19.8 Å². The molecule has 0 amide bonds. The summed E-state index contributed by atoms with van der Waals surface area (Å²) in [6.07, 6.45) is 2.97. The second-order valence-corrected chi connectivity index (χ2v) is 10.8. The van der Waals surface area contributed by atoms with Crippen molar-refractivity contribution in [2.45, 2.75) is 71.2 Å². The molecule has 0 unspecified atom stereocenters. The summed E-state index contributed by atoms with van der Waals surface area (Å²) < 4.78 is 39.9. The van der Waals surface area contributed by atoms with Crippen molar-refractivity contribution in [1.29, 1.82) is 0 Å². The molecule has 0 saturated heterocycles. The summed E-state index contributed by atoms with van der Waals surface area (Å²) in [5, 5.41) is 0.557. The molecule has 35 heavy (non-hydrogen) atoms. The van der Waals surface area contributed by atoms with Gasteiger partial charge in [-0.3, -0.25) is 0 Å². The van der Waals surface area contributed by atoms with Crippen molar-refractivity contribution in [2.75, 3.05) is 0 Å². The van der Waals surface area contributed by atoms with Crippen LogP contribution in [0.4, 0.5) is 0 Å². The van der Waals surface area contributed by atoms with Crippen LogP contribution < -0.4 is 15.1 Å². The highest BCUT2D eigenvalue weighted by atomic mass is 32.2. The van der Waals surface area contributed by atoms with Crippen molar-refractivity contribution in [2.24, 2.45) is 5.92 Å². The second kappa shape index (κ2) is 11.2. The van der Waals surface area contributed by atoms with Crippen molar-refractivity contribution in [1.82, 2.24) is 4.72 Å². The van der Waals surface area contributed by atoms with Crippen LogP contribution in [0.1, 0.15) is 56.7 Å². The first-order valence-electron chi connectivity index (χ1n) is 11.9. The Morgan fingerprint density at radius 2 is 1.74 bits per heavy atom. The largest absolute Gasteiger partial charge is 0.425 e. The molecule has 188 valence electrons. The molecule has 0 bridgehead atoms. The number of hydrogen-bond acceptors (Lipinski definition) is 6. The van der Waals surface area contributed by atoms with E-state index >= 15 is 0 Å². The Labute approximate surface area is 206 Å². The highest BCUT2D eigenvalue weighted by molar-refractivity contribution is 7.89. The van der Waals surface area contributed by atoms with Gasteiger partial charge in [0, 0.05) is 6.07 Å². The molecule has 1 aromatic heterocycles. The minimum atomic E-state index is -3.96. The van der Waals surface area contributed by atoms with E-state index in [0.717, 1.165) is 29.5 Å². The summed E-state index contributed by atoms with van der Waals surface area (Å²) in [5.41, 5.74) is 2.29. The van der Waals surface area contributed by atoms with Gasteiger partial charge in [0.2, 0.25) is 10.0 Å². The van der Waals surface area contributed by atoms with Gasteiger partial charge in [0.1, 0.15) is 17.4 Å². The smallest absolute Gasteiger partial charge is 0.336 e. The number of esters is 1. The molecule has 1 N–H and O–H groups in total. The molecule has 3 rings (SSSR count). The van der Waals surface area contributed by atoms with E-state index < -0.39 is 27.7 Å². The number of unbranched alkanes of at least 4 members (excludes halogenated alkanes) is 1. The fraction of sp³-hybridized carbons (Fsp3) is 0.407. The summed E-state index contributed by atoms with van der Waals surface area (Å²) in [5.74, 6) is -0.784. The Kier molecular flexibility index (Phi) is 8.51. The molecule has 1 heterocycles. The van der Waals surface area contributed by atoms with Crippen molar-refractivity contribution in [3.05, 3.63) is 69.6 Å². The Morgan fingerprint density at radius 1 is 1.06 bits per heavy atom. The average molecular weight is 500 g/mol. The monoisotopic (exact) mass is 499 g/mol. The highest BCUT2D eigenvalue weighted by Crippen LogP contribution is 2.31. The lowest BCUT2D eigenvalue weighted by molar-refractivity contribution is -0.137. The van der Waals surface area contributed by atoms with E-state index in [0.29, 0.717) is 23.8 Å². The summed E-state index contributed by atoms with van der Waals surface area (Å²) in [6.45, 7) is 9.40. The quantitative estimate of drug-likeness (QED) is 0.238. The van der Waals surface area contributed by atoms with E-state index in [-0.39, 0.29) is 16.6 Å². The molecular weight excluding hydrogens is 466 g/mol. The molecule has 0 fully saturated rings. The van der Waals surface area contributed by atoms with Gasteiger partial charge in [-0.15, -0.1) is 0 Å². The van der Waals surface area contributed by atoms with E-state index in [4.69, 9.17) is 9.15 Å². The first-order valence-corrected chi connectivity index (χ1v) is 13.4. The Hall–Kier alpha value is -2.97. The number of ether oxygens (including phenoxy) is 1. The number of sulfonamides is 1. The number of hydrogen-bond donors (Lipinski definition) is 1. The standard InChI is InChI=1S/C27H33NO6S/c1-6-8-9-20-16-24(29)33-22-14-18(4)15-23(25(20)22)34-27(30)26(19(5)7-2)28-35(31,32)21-12-10-17(3)11-13-21/h10-16,19,26,28H,6-9H2,1-5H3/t19-,26+/m0/s1. The zero-order chi connectivity index (χ0) is 25.8. The normalized spacial score (nSPS) is 13.5. The van der Waals surface area contributed by atoms with Crippen LogP contribution in [-0.4, -0.2) is 20.4 Å². The molecular formula is C27H33NO6S. The zero-order valence-electron chi connectivity index (χ0n) is 20.9. The molecule has 0 aliphatic carbocycles. The van der Waals surface area contributed by atoms with Gasteiger partial charge in [-0.1, -0.05) is 51.3 Å². The lowest BCUT2D eigenvalue weighted by Crippen LogP contribution is -2.47. The van der Waals surface area contributed by atoms with E-state index in [9.17, 15) is 18.0 Å². The third-order valence-electron chi connectivity index (χ3n) is 6.12. The predicted octanol–water partition coefficient (Wildman–Crippen LogP) is 5.05. The van der Waals surface area contributed by atoms with Gasteiger partial charge in [0.15, 0.2) is 0 Å². The topological polar surface area (TPSA) is 103 Å². The van der Waals surface area contributed by atoms with E-state index in [1.165, 1.54) is 18.2 Å². The molecule has 0 aliphatic rings. The molecule has 0 saturated carbocycles. The molecule has 3 aromatic rings. The van der Waals surface area contributed by atoms with Crippen LogP contribution >= 0.6 is 0 Å². The van der Waals surface area contributed by atoms with Gasteiger partial charge < -0.3 is 9.15 Å². The van der Waals surface area contributed by atoms with Crippen LogP contribution in [0.5, 0.6) is 5.75 Å². The Bertz CT molecular complexity index is 1360. The lowest BCUT2D eigenvalue weighted by Gasteiger charge is -2.23. The number of benzene rings is 2. The highest BCUT2D eigenvalue weighted by Gasteiger charge is 2.32. The van der Waals surface area contributed by atoms with Gasteiger partial charge in [-0.25, -0.2) is 18.0 Å². The average Bonchev–Trinajstić information content (AvgIpc) is 2.80. The van der Waals surface area contributed by atoms with Crippen LogP contribution in [0.25, 0.3) is 11.0 Å². The minimum Gasteiger partial charge on any atom is -0.425 e. The number of aryl methyl sites for hydroxylation is 3. The fourth-order valence-corrected chi connectivity index (χ4v) is 5.17.